The van der Waals surface area contributed by atoms with Crippen LogP contribution in [-0.4, -0.2) is 68.7 Å². The molecule has 1 unspecified atom stereocenters. The summed E-state index contributed by atoms with van der Waals surface area (Å²) in [5.41, 5.74) is 0. The van der Waals surface area contributed by atoms with Crippen LogP contribution in [0.2, 0.25) is 0 Å². The third-order valence-corrected chi connectivity index (χ3v) is 4.42. The summed E-state index contributed by atoms with van der Waals surface area (Å²) in [5, 5.41) is 0. The fourth-order valence-electron chi connectivity index (χ4n) is 2.42. The highest BCUT2D eigenvalue weighted by molar-refractivity contribution is 7.88. The summed E-state index contributed by atoms with van der Waals surface area (Å²) in [6.07, 6.45) is 2.06. The quantitative estimate of drug-likeness (QED) is 0.671. The number of carbonyl (C=O) groups is 1. The SMILES string of the molecule is CS(=O)(=O)N1C(=O)CCC1CN1CCOCC1. The van der Waals surface area contributed by atoms with Crippen LogP contribution in [0.25, 0.3) is 0 Å². The van der Waals surface area contributed by atoms with Crippen LogP contribution in [0.1, 0.15) is 12.8 Å². The predicted octanol–water partition coefficient (Wildman–Crippen LogP) is -0.731. The Morgan fingerprint density at radius 3 is 2.59 bits per heavy atom. The number of morpholine rings is 1. The lowest BCUT2D eigenvalue weighted by Gasteiger charge is -2.31. The Hall–Kier alpha value is -0.660. The summed E-state index contributed by atoms with van der Waals surface area (Å²) in [6, 6.07) is -0.199. The fraction of sp³-hybridized carbons (Fsp3) is 0.900. The van der Waals surface area contributed by atoms with Crippen molar-refractivity contribution in [2.45, 2.75) is 18.9 Å². The van der Waals surface area contributed by atoms with E-state index in [2.05, 4.69) is 4.90 Å². The monoisotopic (exact) mass is 262 g/mol. The van der Waals surface area contributed by atoms with Crippen molar-refractivity contribution in [3.05, 3.63) is 0 Å². The van der Waals surface area contributed by atoms with Gasteiger partial charge in [0.15, 0.2) is 0 Å². The van der Waals surface area contributed by atoms with Gasteiger partial charge in [0, 0.05) is 26.1 Å². The minimum absolute atomic E-state index is 0.199. The molecule has 7 heteroatoms. The molecule has 2 rings (SSSR count). The molecule has 0 N–H and O–H groups in total. The van der Waals surface area contributed by atoms with E-state index in [0.29, 0.717) is 32.6 Å². The molecule has 17 heavy (non-hydrogen) atoms. The van der Waals surface area contributed by atoms with Crippen molar-refractivity contribution < 1.29 is 17.9 Å². The van der Waals surface area contributed by atoms with E-state index in [1.165, 1.54) is 0 Å². The maximum Gasteiger partial charge on any atom is 0.236 e. The van der Waals surface area contributed by atoms with Crippen molar-refractivity contribution in [3.63, 3.8) is 0 Å². The lowest BCUT2D eigenvalue weighted by atomic mass is 10.2. The fourth-order valence-corrected chi connectivity index (χ4v) is 3.60. The molecule has 0 aromatic rings. The minimum atomic E-state index is -3.43. The Morgan fingerprint density at radius 1 is 1.35 bits per heavy atom. The van der Waals surface area contributed by atoms with Crippen molar-refractivity contribution >= 4 is 15.9 Å². The van der Waals surface area contributed by atoms with Gasteiger partial charge in [-0.1, -0.05) is 0 Å². The van der Waals surface area contributed by atoms with Crippen LogP contribution in [0, 0.1) is 0 Å². The van der Waals surface area contributed by atoms with E-state index in [-0.39, 0.29) is 11.9 Å². The van der Waals surface area contributed by atoms with Gasteiger partial charge in [-0.2, -0.15) is 0 Å². The van der Waals surface area contributed by atoms with Gasteiger partial charge in [0.05, 0.1) is 25.5 Å². The maximum atomic E-state index is 11.6. The number of amides is 1. The Labute approximate surface area is 102 Å². The highest BCUT2D eigenvalue weighted by Crippen LogP contribution is 2.22. The van der Waals surface area contributed by atoms with Gasteiger partial charge in [0.25, 0.3) is 0 Å². The molecule has 1 amide bonds. The van der Waals surface area contributed by atoms with Crippen LogP contribution in [-0.2, 0) is 19.6 Å². The molecule has 0 bridgehead atoms. The number of ether oxygens (including phenoxy) is 1. The molecule has 0 radical (unpaired) electrons. The van der Waals surface area contributed by atoms with Crippen LogP contribution >= 0.6 is 0 Å². The number of sulfonamides is 1. The van der Waals surface area contributed by atoms with Gasteiger partial charge in [-0.15, -0.1) is 0 Å². The van der Waals surface area contributed by atoms with Gasteiger partial charge >= 0.3 is 0 Å². The summed E-state index contributed by atoms with van der Waals surface area (Å²) in [6.45, 7) is 3.60. The number of nitrogens with zero attached hydrogens (tertiary/aromatic N) is 2. The molecule has 6 nitrogen and oxygen atoms in total. The van der Waals surface area contributed by atoms with Gasteiger partial charge in [-0.25, -0.2) is 12.7 Å². The molecule has 2 saturated heterocycles. The minimum Gasteiger partial charge on any atom is -0.379 e. The van der Waals surface area contributed by atoms with E-state index < -0.39 is 10.0 Å². The van der Waals surface area contributed by atoms with Crippen molar-refractivity contribution in [2.24, 2.45) is 0 Å². The average Bonchev–Trinajstić information content (AvgIpc) is 2.60. The first kappa shape index (κ1) is 12.8. The third kappa shape index (κ3) is 2.97. The lowest BCUT2D eigenvalue weighted by molar-refractivity contribution is -0.124. The van der Waals surface area contributed by atoms with Crippen molar-refractivity contribution in [1.82, 2.24) is 9.21 Å². The molecule has 2 aliphatic rings. The standard InChI is InChI=1S/C10H18N2O4S/c1-17(14,15)12-9(2-3-10(12)13)8-11-4-6-16-7-5-11/h9H,2-8H2,1H3. The van der Waals surface area contributed by atoms with E-state index >= 15 is 0 Å². The van der Waals surface area contributed by atoms with Crippen LogP contribution in [0.5, 0.6) is 0 Å². The molecule has 0 aromatic heterocycles. The molecule has 98 valence electrons. The predicted molar refractivity (Wildman–Crippen MR) is 62.0 cm³/mol. The first-order valence-corrected chi connectivity index (χ1v) is 7.65. The summed E-state index contributed by atoms with van der Waals surface area (Å²) >= 11 is 0. The number of hydrogen-bond acceptors (Lipinski definition) is 5. The van der Waals surface area contributed by atoms with Gasteiger partial charge in [0.2, 0.25) is 15.9 Å². The largest absolute Gasteiger partial charge is 0.379 e. The second-order valence-corrected chi connectivity index (χ2v) is 6.42. The highest BCUT2D eigenvalue weighted by atomic mass is 32.2. The zero-order valence-electron chi connectivity index (χ0n) is 9.96. The smallest absolute Gasteiger partial charge is 0.236 e. The van der Waals surface area contributed by atoms with E-state index in [9.17, 15) is 13.2 Å². The molecular weight excluding hydrogens is 244 g/mol. The number of hydrogen-bond donors (Lipinski definition) is 0. The topological polar surface area (TPSA) is 66.9 Å². The van der Waals surface area contributed by atoms with Gasteiger partial charge in [-0.05, 0) is 6.42 Å². The zero-order valence-corrected chi connectivity index (χ0v) is 10.8. The third-order valence-electron chi connectivity index (χ3n) is 3.20. The summed E-state index contributed by atoms with van der Waals surface area (Å²) in [5.74, 6) is -0.272. The Morgan fingerprint density at radius 2 is 2.00 bits per heavy atom. The van der Waals surface area contributed by atoms with Crippen LogP contribution in [0.4, 0.5) is 0 Å². The van der Waals surface area contributed by atoms with Gasteiger partial charge in [-0.3, -0.25) is 9.69 Å². The van der Waals surface area contributed by atoms with E-state index in [1.54, 1.807) is 0 Å². The first-order chi connectivity index (χ1) is 7.98. The highest BCUT2D eigenvalue weighted by Gasteiger charge is 2.38. The van der Waals surface area contributed by atoms with Crippen molar-refractivity contribution in [3.8, 4) is 0 Å². The van der Waals surface area contributed by atoms with E-state index in [4.69, 9.17) is 4.74 Å². The summed E-state index contributed by atoms with van der Waals surface area (Å²) in [4.78, 5) is 13.7. The molecule has 1 atom stereocenters. The van der Waals surface area contributed by atoms with Crippen LogP contribution in [0.15, 0.2) is 0 Å². The number of rotatable bonds is 3. The number of carbonyl (C=O) groups excluding carboxylic acids is 1. The van der Waals surface area contributed by atoms with Crippen LogP contribution < -0.4 is 0 Å². The van der Waals surface area contributed by atoms with Gasteiger partial charge in [0.1, 0.15) is 0 Å². The normalized spacial score (nSPS) is 27.7. The molecule has 0 aromatic carbocycles. The van der Waals surface area contributed by atoms with Crippen molar-refractivity contribution in [2.75, 3.05) is 39.1 Å². The molecule has 0 aliphatic carbocycles. The molecule has 2 heterocycles. The lowest BCUT2D eigenvalue weighted by Crippen LogP contribution is -2.47. The summed E-state index contributed by atoms with van der Waals surface area (Å²) in [7, 11) is -3.43. The summed E-state index contributed by atoms with van der Waals surface area (Å²) < 4.78 is 29.4. The maximum absolute atomic E-state index is 11.6. The molecule has 0 saturated carbocycles. The Kier molecular flexibility index (Phi) is 3.70. The molecular formula is C10H18N2O4S. The van der Waals surface area contributed by atoms with Crippen molar-refractivity contribution in [1.29, 1.82) is 0 Å². The first-order valence-electron chi connectivity index (χ1n) is 5.81. The van der Waals surface area contributed by atoms with E-state index in [1.807, 2.05) is 0 Å². The second-order valence-electron chi connectivity index (χ2n) is 4.56. The van der Waals surface area contributed by atoms with Crippen LogP contribution in [0.3, 0.4) is 0 Å². The average molecular weight is 262 g/mol. The molecule has 2 fully saturated rings. The molecule has 0 spiro atoms. The second kappa shape index (κ2) is 4.91. The molecule has 2 aliphatic heterocycles. The Bertz CT molecular complexity index is 389. The van der Waals surface area contributed by atoms with Gasteiger partial charge < -0.3 is 4.74 Å². The Balaban J connectivity index is 2.02. The zero-order chi connectivity index (χ0) is 12.5. The van der Waals surface area contributed by atoms with E-state index in [0.717, 1.165) is 23.7 Å².